The Bertz CT molecular complexity index is 390. The first kappa shape index (κ1) is 11.2. The summed E-state index contributed by atoms with van der Waals surface area (Å²) in [6, 6.07) is 2.48. The van der Waals surface area contributed by atoms with E-state index in [1.165, 1.54) is 30.6 Å². The Labute approximate surface area is 97.6 Å². The van der Waals surface area contributed by atoms with Crippen LogP contribution < -0.4 is 5.32 Å². The lowest BCUT2D eigenvalue weighted by Gasteiger charge is -2.20. The number of hydrogen-bond acceptors (Lipinski definition) is 2. The van der Waals surface area contributed by atoms with Gasteiger partial charge in [-0.2, -0.15) is 0 Å². The minimum Gasteiger partial charge on any atom is -0.334 e. The van der Waals surface area contributed by atoms with Crippen LogP contribution in [0.2, 0.25) is 0 Å². The number of unbranched alkanes of at least 4 members (excludes halogenated alkanes) is 2. The largest absolute Gasteiger partial charge is 0.334 e. The fourth-order valence-electron chi connectivity index (χ4n) is 2.25. The molecule has 88 valence electrons. The number of anilines is 1. The van der Waals surface area contributed by atoms with E-state index in [0.717, 1.165) is 12.4 Å². The van der Waals surface area contributed by atoms with Gasteiger partial charge in [-0.15, -0.1) is 0 Å². The van der Waals surface area contributed by atoms with Gasteiger partial charge in [0, 0.05) is 18.3 Å². The quantitative estimate of drug-likeness (QED) is 0.770. The summed E-state index contributed by atoms with van der Waals surface area (Å²) in [4.78, 5) is 4.53. The highest BCUT2D eigenvalue weighted by Gasteiger charge is 2.18. The predicted molar refractivity (Wildman–Crippen MR) is 69.1 cm³/mol. The molecule has 0 saturated carbocycles. The van der Waals surface area contributed by atoms with Gasteiger partial charge in [-0.3, -0.25) is 4.99 Å². The fraction of sp³-hybridized carbons (Fsp3) is 0.615. The lowest BCUT2D eigenvalue weighted by Crippen LogP contribution is -2.18. The molecule has 1 unspecified atom stereocenters. The van der Waals surface area contributed by atoms with Crippen molar-refractivity contribution < 1.29 is 0 Å². The zero-order valence-corrected chi connectivity index (χ0v) is 10.5. The van der Waals surface area contributed by atoms with Crippen LogP contribution in [0.5, 0.6) is 0 Å². The second-order valence-electron chi connectivity index (χ2n) is 4.54. The van der Waals surface area contributed by atoms with E-state index in [9.17, 15) is 0 Å². The molecule has 1 aliphatic rings. The Morgan fingerprint density at radius 3 is 3.00 bits per heavy atom. The minimum atomic E-state index is 0.295. The standard InChI is InChI=1S/C13H21N3/c1-4-5-6-8-16-9-7-12-10(2)14-11(3)15-13(12)16/h7,9-10H,4-6,8H2,1-3H3,(H,14,15). The predicted octanol–water partition coefficient (Wildman–Crippen LogP) is 3.58. The van der Waals surface area contributed by atoms with E-state index in [1.807, 2.05) is 6.92 Å². The van der Waals surface area contributed by atoms with Gasteiger partial charge in [0.25, 0.3) is 0 Å². The number of fused-ring (bicyclic) bond motifs is 1. The second kappa shape index (κ2) is 4.73. The van der Waals surface area contributed by atoms with E-state index in [2.05, 4.69) is 41.0 Å². The first-order valence-electron chi connectivity index (χ1n) is 6.22. The van der Waals surface area contributed by atoms with Crippen LogP contribution in [0.25, 0.3) is 0 Å². The van der Waals surface area contributed by atoms with Crippen molar-refractivity contribution in [2.75, 3.05) is 5.32 Å². The van der Waals surface area contributed by atoms with Crippen LogP contribution in [-0.2, 0) is 6.54 Å². The molecule has 0 amide bonds. The molecule has 3 nitrogen and oxygen atoms in total. The van der Waals surface area contributed by atoms with Gasteiger partial charge in [0.1, 0.15) is 5.82 Å². The van der Waals surface area contributed by atoms with Crippen molar-refractivity contribution >= 4 is 11.7 Å². The maximum atomic E-state index is 4.53. The molecule has 0 aliphatic carbocycles. The summed E-state index contributed by atoms with van der Waals surface area (Å²) in [5, 5.41) is 3.38. The van der Waals surface area contributed by atoms with Gasteiger partial charge in [-0.1, -0.05) is 19.8 Å². The Morgan fingerprint density at radius 1 is 1.44 bits per heavy atom. The molecule has 2 heterocycles. The van der Waals surface area contributed by atoms with Gasteiger partial charge in [0.05, 0.1) is 11.9 Å². The maximum Gasteiger partial charge on any atom is 0.116 e. The van der Waals surface area contributed by atoms with Crippen molar-refractivity contribution in [2.45, 2.75) is 52.6 Å². The lowest BCUT2D eigenvalue weighted by molar-refractivity contribution is 0.607. The molecule has 0 spiro atoms. The van der Waals surface area contributed by atoms with Crippen molar-refractivity contribution in [3.8, 4) is 0 Å². The Kier molecular flexibility index (Phi) is 3.32. The third-order valence-corrected chi connectivity index (χ3v) is 3.13. The number of amidine groups is 1. The summed E-state index contributed by atoms with van der Waals surface area (Å²) in [5.74, 6) is 2.27. The van der Waals surface area contributed by atoms with Crippen LogP contribution in [0.1, 0.15) is 51.6 Å². The van der Waals surface area contributed by atoms with Crippen molar-refractivity contribution in [2.24, 2.45) is 4.99 Å². The summed E-state index contributed by atoms with van der Waals surface area (Å²) in [7, 11) is 0. The van der Waals surface area contributed by atoms with E-state index in [1.54, 1.807) is 0 Å². The Morgan fingerprint density at radius 2 is 2.25 bits per heavy atom. The van der Waals surface area contributed by atoms with Crippen LogP contribution in [0.15, 0.2) is 17.3 Å². The van der Waals surface area contributed by atoms with Gasteiger partial charge in [-0.25, -0.2) is 0 Å². The van der Waals surface area contributed by atoms with E-state index in [0.29, 0.717) is 6.04 Å². The van der Waals surface area contributed by atoms with Crippen LogP contribution in [0.3, 0.4) is 0 Å². The molecule has 1 aliphatic heterocycles. The summed E-state index contributed by atoms with van der Waals surface area (Å²) in [5.41, 5.74) is 1.32. The van der Waals surface area contributed by atoms with Gasteiger partial charge in [0.2, 0.25) is 0 Å². The van der Waals surface area contributed by atoms with Crippen LogP contribution in [0.4, 0.5) is 5.82 Å². The van der Waals surface area contributed by atoms with E-state index < -0.39 is 0 Å². The normalized spacial score (nSPS) is 18.9. The highest BCUT2D eigenvalue weighted by Crippen LogP contribution is 2.30. The molecular weight excluding hydrogens is 198 g/mol. The first-order valence-corrected chi connectivity index (χ1v) is 6.22. The number of aryl methyl sites for hydroxylation is 1. The molecule has 0 saturated heterocycles. The molecule has 1 atom stereocenters. The molecule has 1 aromatic heterocycles. The van der Waals surface area contributed by atoms with Crippen molar-refractivity contribution in [3.05, 3.63) is 17.8 Å². The average molecular weight is 219 g/mol. The molecule has 0 fully saturated rings. The molecule has 1 N–H and O–H groups in total. The zero-order chi connectivity index (χ0) is 11.5. The van der Waals surface area contributed by atoms with Gasteiger partial charge < -0.3 is 9.88 Å². The van der Waals surface area contributed by atoms with Gasteiger partial charge >= 0.3 is 0 Å². The average Bonchev–Trinajstić information content (AvgIpc) is 2.62. The number of aliphatic imine (C=N–C) groups is 1. The van der Waals surface area contributed by atoms with E-state index >= 15 is 0 Å². The van der Waals surface area contributed by atoms with Crippen molar-refractivity contribution in [1.29, 1.82) is 0 Å². The first-order chi connectivity index (χ1) is 7.72. The summed E-state index contributed by atoms with van der Waals surface area (Å²) >= 11 is 0. The van der Waals surface area contributed by atoms with E-state index in [4.69, 9.17) is 0 Å². The number of nitrogens with zero attached hydrogens (tertiary/aromatic N) is 2. The number of hydrogen-bond donors (Lipinski definition) is 1. The fourth-order valence-corrected chi connectivity index (χ4v) is 2.25. The van der Waals surface area contributed by atoms with Crippen molar-refractivity contribution in [3.63, 3.8) is 0 Å². The molecule has 1 aromatic rings. The smallest absolute Gasteiger partial charge is 0.116 e. The monoisotopic (exact) mass is 219 g/mol. The summed E-state index contributed by atoms with van der Waals surface area (Å²) < 4.78 is 2.32. The lowest BCUT2D eigenvalue weighted by atomic mass is 10.1. The molecule has 0 aromatic carbocycles. The molecule has 0 radical (unpaired) electrons. The summed E-state index contributed by atoms with van der Waals surface area (Å²) in [6.07, 6.45) is 6.01. The van der Waals surface area contributed by atoms with Gasteiger partial charge in [-0.05, 0) is 26.3 Å². The minimum absolute atomic E-state index is 0.295. The third kappa shape index (κ3) is 2.13. The maximum absolute atomic E-state index is 4.53. The molecule has 2 rings (SSSR count). The van der Waals surface area contributed by atoms with Crippen LogP contribution in [-0.4, -0.2) is 10.4 Å². The van der Waals surface area contributed by atoms with Gasteiger partial charge in [0.15, 0.2) is 0 Å². The van der Waals surface area contributed by atoms with E-state index in [-0.39, 0.29) is 0 Å². The second-order valence-corrected chi connectivity index (χ2v) is 4.54. The molecule has 16 heavy (non-hydrogen) atoms. The van der Waals surface area contributed by atoms with Crippen molar-refractivity contribution in [1.82, 2.24) is 4.57 Å². The number of rotatable bonds is 4. The summed E-state index contributed by atoms with van der Waals surface area (Å²) in [6.45, 7) is 7.53. The van der Waals surface area contributed by atoms with Crippen LogP contribution in [0, 0.1) is 0 Å². The number of nitrogens with one attached hydrogen (secondary N) is 1. The Hall–Kier alpha value is -1.25. The highest BCUT2D eigenvalue weighted by atomic mass is 15.2. The SMILES string of the molecule is CCCCCn1ccc2c1NC(C)=NC2C. The zero-order valence-electron chi connectivity index (χ0n) is 10.5. The number of aromatic nitrogens is 1. The Balaban J connectivity index is 2.13. The molecular formula is C13H21N3. The highest BCUT2D eigenvalue weighted by molar-refractivity contribution is 5.95. The molecule has 3 heteroatoms. The van der Waals surface area contributed by atoms with Crippen LogP contribution >= 0.6 is 0 Å². The third-order valence-electron chi connectivity index (χ3n) is 3.13. The topological polar surface area (TPSA) is 29.3 Å². The molecule has 0 bridgehead atoms.